The van der Waals surface area contributed by atoms with Crippen LogP contribution >= 0.6 is 0 Å². The number of hydrogen-bond donors (Lipinski definition) is 2. The lowest BCUT2D eigenvalue weighted by Gasteiger charge is -2.32. The second-order valence-electron chi connectivity index (χ2n) is 6.17. The quantitative estimate of drug-likeness (QED) is 0.695. The number of aromatic nitrogens is 4. The van der Waals surface area contributed by atoms with Crippen molar-refractivity contribution < 1.29 is 19.4 Å². The minimum absolute atomic E-state index is 0.000880. The van der Waals surface area contributed by atoms with Crippen LogP contribution in [-0.4, -0.2) is 56.6 Å². The van der Waals surface area contributed by atoms with Crippen LogP contribution in [0.4, 0.5) is 0 Å². The van der Waals surface area contributed by atoms with Crippen molar-refractivity contribution in [3.05, 3.63) is 36.2 Å². The van der Waals surface area contributed by atoms with Crippen LogP contribution in [-0.2, 0) is 22.7 Å². The summed E-state index contributed by atoms with van der Waals surface area (Å²) in [5.41, 5.74) is 0.830. The van der Waals surface area contributed by atoms with E-state index in [2.05, 4.69) is 20.8 Å². The number of aliphatic hydroxyl groups is 1. The van der Waals surface area contributed by atoms with Crippen LogP contribution in [0.25, 0.3) is 0 Å². The van der Waals surface area contributed by atoms with E-state index in [0.29, 0.717) is 44.8 Å². The van der Waals surface area contributed by atoms with Crippen LogP contribution in [0.15, 0.2) is 30.6 Å². The van der Waals surface area contributed by atoms with Crippen molar-refractivity contribution in [3.63, 3.8) is 0 Å². The topological polar surface area (TPSA) is 111 Å². The van der Waals surface area contributed by atoms with Crippen molar-refractivity contribution >= 4 is 5.91 Å². The Labute approximate surface area is 151 Å². The van der Waals surface area contributed by atoms with Gasteiger partial charge in [-0.1, -0.05) is 12.1 Å². The van der Waals surface area contributed by atoms with Gasteiger partial charge >= 0.3 is 0 Å². The summed E-state index contributed by atoms with van der Waals surface area (Å²) in [4.78, 5) is 12.2. The minimum atomic E-state index is -0.193. The first-order chi connectivity index (χ1) is 12.7. The highest BCUT2D eigenvalue weighted by molar-refractivity contribution is 5.76. The molecule has 0 bridgehead atoms. The highest BCUT2D eigenvalue weighted by atomic mass is 16.5. The number of rotatable bonds is 8. The van der Waals surface area contributed by atoms with Crippen molar-refractivity contribution in [3.8, 4) is 5.75 Å². The zero-order valence-electron chi connectivity index (χ0n) is 14.5. The van der Waals surface area contributed by atoms with Gasteiger partial charge in [-0.3, -0.25) is 4.79 Å². The first kappa shape index (κ1) is 18.3. The molecule has 0 unspecified atom stereocenters. The number of carbonyl (C=O) groups is 1. The molecule has 9 heteroatoms. The molecule has 1 fully saturated rings. The fourth-order valence-electron chi connectivity index (χ4n) is 2.81. The molecule has 2 atom stereocenters. The average molecular weight is 361 g/mol. The number of nitrogens with zero attached hydrogens (tertiary/aromatic N) is 4. The number of benzene rings is 1. The van der Waals surface area contributed by atoms with Crippen LogP contribution in [0.2, 0.25) is 0 Å². The van der Waals surface area contributed by atoms with Gasteiger partial charge in [0.1, 0.15) is 18.2 Å². The lowest BCUT2D eigenvalue weighted by molar-refractivity contribution is -0.124. The van der Waals surface area contributed by atoms with Crippen LogP contribution in [0, 0.1) is 0 Å². The molecule has 2 heterocycles. The molecule has 9 nitrogen and oxygen atoms in total. The van der Waals surface area contributed by atoms with Gasteiger partial charge in [0, 0.05) is 19.4 Å². The maximum atomic E-state index is 12.2. The van der Waals surface area contributed by atoms with Gasteiger partial charge in [0.25, 0.3) is 0 Å². The van der Waals surface area contributed by atoms with Gasteiger partial charge in [0.2, 0.25) is 5.91 Å². The average Bonchev–Trinajstić information content (AvgIpc) is 3.17. The highest BCUT2D eigenvalue weighted by Crippen LogP contribution is 2.19. The van der Waals surface area contributed by atoms with E-state index in [1.807, 2.05) is 24.3 Å². The molecule has 2 aromatic rings. The standard InChI is InChI=1S/C17H23N5O4/c23-10-13-3-5-14(6-4-13)26-16-7-9-25-11-15(16)19-17(24)2-1-8-22-12-18-20-21-22/h3-6,12,15-16,23H,1-2,7-11H2,(H,19,24)/t15-,16-/m1/s1. The fourth-order valence-corrected chi connectivity index (χ4v) is 2.81. The first-order valence-electron chi connectivity index (χ1n) is 8.69. The molecule has 1 saturated heterocycles. The number of hydrogen-bond acceptors (Lipinski definition) is 7. The summed E-state index contributed by atoms with van der Waals surface area (Å²) in [5.74, 6) is 0.671. The van der Waals surface area contributed by atoms with Crippen molar-refractivity contribution in [1.29, 1.82) is 0 Å². The predicted molar refractivity (Wildman–Crippen MR) is 91.2 cm³/mol. The maximum absolute atomic E-state index is 12.2. The number of aryl methyl sites for hydroxylation is 1. The summed E-state index contributed by atoms with van der Waals surface area (Å²) in [5, 5.41) is 23.0. The third-order valence-corrected chi connectivity index (χ3v) is 4.22. The molecule has 0 spiro atoms. The third kappa shape index (κ3) is 5.24. The molecule has 1 aromatic heterocycles. The number of carbonyl (C=O) groups excluding carboxylic acids is 1. The van der Waals surface area contributed by atoms with Crippen LogP contribution in [0.5, 0.6) is 5.75 Å². The third-order valence-electron chi connectivity index (χ3n) is 4.22. The summed E-state index contributed by atoms with van der Waals surface area (Å²) in [6, 6.07) is 7.10. The van der Waals surface area contributed by atoms with E-state index in [0.717, 1.165) is 5.56 Å². The van der Waals surface area contributed by atoms with Gasteiger partial charge in [0.05, 0.1) is 25.9 Å². The van der Waals surface area contributed by atoms with Gasteiger partial charge < -0.3 is 19.9 Å². The summed E-state index contributed by atoms with van der Waals surface area (Å²) in [6.07, 6.45) is 3.12. The molecule has 1 amide bonds. The lowest BCUT2D eigenvalue weighted by Crippen LogP contribution is -2.51. The summed E-state index contributed by atoms with van der Waals surface area (Å²) in [7, 11) is 0. The number of amides is 1. The van der Waals surface area contributed by atoms with Gasteiger partial charge in [-0.2, -0.15) is 0 Å². The summed E-state index contributed by atoms with van der Waals surface area (Å²) < 4.78 is 13.1. The molecule has 2 N–H and O–H groups in total. The Kier molecular flexibility index (Phi) is 6.50. The van der Waals surface area contributed by atoms with E-state index in [1.54, 1.807) is 4.68 Å². The van der Waals surface area contributed by atoms with Gasteiger partial charge in [-0.15, -0.1) is 5.10 Å². The molecule has 1 aliphatic rings. The Balaban J connectivity index is 1.48. The Bertz CT molecular complexity index is 677. The molecule has 1 aliphatic heterocycles. The zero-order chi connectivity index (χ0) is 18.2. The van der Waals surface area contributed by atoms with E-state index in [9.17, 15) is 4.79 Å². The largest absolute Gasteiger partial charge is 0.488 e. The molecule has 0 radical (unpaired) electrons. The Morgan fingerprint density at radius 2 is 2.23 bits per heavy atom. The molecular weight excluding hydrogens is 338 g/mol. The van der Waals surface area contributed by atoms with Gasteiger partial charge in [-0.05, 0) is 34.5 Å². The predicted octanol–water partition coefficient (Wildman–Crippen LogP) is 0.298. The van der Waals surface area contributed by atoms with Crippen molar-refractivity contribution in [2.45, 2.75) is 44.6 Å². The zero-order valence-corrected chi connectivity index (χ0v) is 14.5. The molecule has 0 aliphatic carbocycles. The first-order valence-corrected chi connectivity index (χ1v) is 8.69. The van der Waals surface area contributed by atoms with Crippen molar-refractivity contribution in [2.75, 3.05) is 13.2 Å². The van der Waals surface area contributed by atoms with Crippen LogP contribution in [0.1, 0.15) is 24.8 Å². The molecule has 1 aromatic carbocycles. The summed E-state index contributed by atoms with van der Waals surface area (Å²) in [6.45, 7) is 1.63. The normalized spacial score (nSPS) is 19.9. The van der Waals surface area contributed by atoms with Crippen LogP contribution in [0.3, 0.4) is 0 Å². The van der Waals surface area contributed by atoms with Crippen LogP contribution < -0.4 is 10.1 Å². The second-order valence-corrected chi connectivity index (χ2v) is 6.17. The number of ether oxygens (including phenoxy) is 2. The maximum Gasteiger partial charge on any atom is 0.220 e. The number of tetrazole rings is 1. The van der Waals surface area contributed by atoms with Gasteiger partial charge in [-0.25, -0.2) is 4.68 Å². The lowest BCUT2D eigenvalue weighted by atomic mass is 10.1. The van der Waals surface area contributed by atoms with Crippen molar-refractivity contribution in [2.24, 2.45) is 0 Å². The smallest absolute Gasteiger partial charge is 0.220 e. The van der Waals surface area contributed by atoms with E-state index < -0.39 is 0 Å². The molecular formula is C17H23N5O4. The molecule has 0 saturated carbocycles. The Morgan fingerprint density at radius 1 is 1.38 bits per heavy atom. The minimum Gasteiger partial charge on any atom is -0.488 e. The molecule has 140 valence electrons. The highest BCUT2D eigenvalue weighted by Gasteiger charge is 2.28. The SMILES string of the molecule is O=C(CCCn1cnnn1)N[C@@H]1COCC[C@H]1Oc1ccc(CO)cc1. The Morgan fingerprint density at radius 3 is 2.96 bits per heavy atom. The molecule has 26 heavy (non-hydrogen) atoms. The van der Waals surface area contributed by atoms with E-state index in [-0.39, 0.29) is 24.7 Å². The van der Waals surface area contributed by atoms with E-state index in [4.69, 9.17) is 14.6 Å². The van der Waals surface area contributed by atoms with E-state index >= 15 is 0 Å². The Hall–Kier alpha value is -2.52. The monoisotopic (exact) mass is 361 g/mol. The number of nitrogens with one attached hydrogen (secondary N) is 1. The summed E-state index contributed by atoms with van der Waals surface area (Å²) >= 11 is 0. The van der Waals surface area contributed by atoms with E-state index in [1.165, 1.54) is 6.33 Å². The van der Waals surface area contributed by atoms with Gasteiger partial charge in [0.15, 0.2) is 0 Å². The van der Waals surface area contributed by atoms with Crippen molar-refractivity contribution in [1.82, 2.24) is 25.5 Å². The fraction of sp³-hybridized carbons (Fsp3) is 0.529. The number of aliphatic hydroxyl groups excluding tert-OH is 1. The second kappa shape index (κ2) is 9.25. The molecule has 3 rings (SSSR count).